The maximum absolute atomic E-state index is 11.4. The van der Waals surface area contributed by atoms with Gasteiger partial charge in [0.05, 0.1) is 14.8 Å². The summed E-state index contributed by atoms with van der Waals surface area (Å²) < 4.78 is 31.8. The van der Waals surface area contributed by atoms with Crippen LogP contribution in [0.3, 0.4) is 0 Å². The van der Waals surface area contributed by atoms with Crippen molar-refractivity contribution in [3.8, 4) is 0 Å². The smallest absolute Gasteiger partial charge is 0.421 e. The summed E-state index contributed by atoms with van der Waals surface area (Å²) in [6.07, 6.45) is -1.21. The van der Waals surface area contributed by atoms with Crippen molar-refractivity contribution < 1.29 is 21.0 Å². The molecule has 82 valence electrons. The predicted octanol–water partition coefficient (Wildman–Crippen LogP) is 1.38. The van der Waals surface area contributed by atoms with Crippen LogP contribution in [0.15, 0.2) is 0 Å². The number of rotatable bonds is 2. The van der Waals surface area contributed by atoms with Crippen molar-refractivity contribution in [2.24, 2.45) is 5.92 Å². The largest absolute Gasteiger partial charge is 0.464 e. The van der Waals surface area contributed by atoms with Gasteiger partial charge in [0.2, 0.25) is 0 Å². The van der Waals surface area contributed by atoms with Crippen molar-refractivity contribution in [2.75, 3.05) is 6.56 Å². The van der Waals surface area contributed by atoms with Crippen molar-refractivity contribution in [1.29, 1.82) is 0 Å². The Morgan fingerprint density at radius 2 is 2.43 bits per heavy atom. The first-order valence-electron chi connectivity index (χ1n) is 5.26. The fourth-order valence-electron chi connectivity index (χ4n) is 1.56. The van der Waals surface area contributed by atoms with Gasteiger partial charge in [-0.15, -0.1) is 0 Å². The lowest BCUT2D eigenvalue weighted by atomic mass is 9.92. The second-order valence-electron chi connectivity index (χ2n) is 3.85. The molecule has 0 radical (unpaired) electrons. The van der Waals surface area contributed by atoms with Gasteiger partial charge < -0.3 is 5.11 Å². The molecule has 0 aromatic heterocycles. The molecule has 5 nitrogen and oxygen atoms in total. The summed E-state index contributed by atoms with van der Waals surface area (Å²) in [6, 6.07) is 0. The molecule has 14 heavy (non-hydrogen) atoms. The minimum Gasteiger partial charge on any atom is -0.464 e. The lowest BCUT2D eigenvalue weighted by Gasteiger charge is -2.30. The van der Waals surface area contributed by atoms with Gasteiger partial charge in [-0.3, -0.25) is 4.18 Å². The zero-order chi connectivity index (χ0) is 12.7. The summed E-state index contributed by atoms with van der Waals surface area (Å²) >= 11 is -2.29. The molecule has 1 amide bonds. The van der Waals surface area contributed by atoms with Crippen LogP contribution in [0.2, 0.25) is 0 Å². The fourth-order valence-corrected chi connectivity index (χ4v) is 2.46. The Morgan fingerprint density at radius 3 is 2.86 bits per heavy atom. The molecule has 2 atom stereocenters. The number of amides is 1. The number of carboxylic acid groups (broad SMARTS) is 1. The average Bonchev–Trinajstić information content (AvgIpc) is 2.14. The van der Waals surface area contributed by atoms with Crippen LogP contribution in [0.5, 0.6) is 0 Å². The summed E-state index contributed by atoms with van der Waals surface area (Å²) in [5, 5.41) is 8.95. The predicted molar refractivity (Wildman–Crippen MR) is 51.8 cm³/mol. The summed E-state index contributed by atoms with van der Waals surface area (Å²) in [5.41, 5.74) is -1.43. The Bertz CT molecular complexity index is 336. The molecule has 1 saturated heterocycles. The van der Waals surface area contributed by atoms with E-state index in [2.05, 4.69) is 4.18 Å². The zero-order valence-corrected chi connectivity index (χ0v) is 9.13. The minimum atomic E-state index is -2.29. The second-order valence-corrected chi connectivity index (χ2v) is 4.82. The average molecular weight is 223 g/mol. The molecule has 6 heteroatoms. The van der Waals surface area contributed by atoms with Crippen LogP contribution >= 0.6 is 0 Å². The van der Waals surface area contributed by atoms with E-state index in [-0.39, 0.29) is 12.3 Å². The van der Waals surface area contributed by atoms with Gasteiger partial charge >= 0.3 is 6.09 Å². The van der Waals surface area contributed by atoms with E-state index < -0.39 is 29.5 Å². The van der Waals surface area contributed by atoms with E-state index in [0.717, 1.165) is 0 Å². The van der Waals surface area contributed by atoms with E-state index in [4.69, 9.17) is 7.85 Å². The van der Waals surface area contributed by atoms with Gasteiger partial charge in [0.25, 0.3) is 11.3 Å². The quantitative estimate of drug-likeness (QED) is 0.768. The Balaban J connectivity index is 3.16. The molecule has 0 aliphatic carbocycles. The van der Waals surface area contributed by atoms with Gasteiger partial charge in [0.15, 0.2) is 0 Å². The number of carbonyl (C=O) groups is 1. The van der Waals surface area contributed by atoms with Crippen molar-refractivity contribution >= 4 is 17.4 Å². The van der Waals surface area contributed by atoms with E-state index in [0.29, 0.717) is 4.31 Å². The van der Waals surface area contributed by atoms with E-state index in [9.17, 15) is 9.00 Å². The zero-order valence-electron chi connectivity index (χ0n) is 10.3. The van der Waals surface area contributed by atoms with Crippen LogP contribution in [0, 0.1) is 5.92 Å². The number of hydrogen-bond acceptors (Lipinski definition) is 3. The second kappa shape index (κ2) is 3.86. The van der Waals surface area contributed by atoms with Crippen molar-refractivity contribution in [1.82, 2.24) is 4.31 Å². The molecule has 2 unspecified atom stereocenters. The lowest BCUT2D eigenvalue weighted by molar-refractivity contribution is 0.128. The third-order valence-corrected chi connectivity index (χ3v) is 2.99. The van der Waals surface area contributed by atoms with Gasteiger partial charge in [-0.1, -0.05) is 13.8 Å². The van der Waals surface area contributed by atoms with Crippen molar-refractivity contribution in [2.45, 2.75) is 32.7 Å². The van der Waals surface area contributed by atoms with E-state index in [1.807, 2.05) is 13.8 Å². The van der Waals surface area contributed by atoms with E-state index in [1.165, 1.54) is 6.92 Å². The SMILES string of the molecule is [2H]C1([2H])OS(=O)N(C(=O)O)C1(C)CC(C)C. The van der Waals surface area contributed by atoms with Crippen LogP contribution in [0.25, 0.3) is 0 Å². The highest BCUT2D eigenvalue weighted by molar-refractivity contribution is 7.78. The summed E-state index contributed by atoms with van der Waals surface area (Å²) in [5.74, 6) is 0.0561. The van der Waals surface area contributed by atoms with Gasteiger partial charge in [-0.05, 0) is 19.3 Å². The molecule has 0 aromatic rings. The van der Waals surface area contributed by atoms with Gasteiger partial charge in [0, 0.05) is 0 Å². The van der Waals surface area contributed by atoms with E-state index in [1.54, 1.807) is 0 Å². The van der Waals surface area contributed by atoms with Gasteiger partial charge in [0.1, 0.15) is 0 Å². The van der Waals surface area contributed by atoms with Gasteiger partial charge in [-0.2, -0.15) is 4.31 Å². The summed E-state index contributed by atoms with van der Waals surface area (Å²) in [7, 11) is 0. The molecule has 1 N–H and O–H groups in total. The summed E-state index contributed by atoms with van der Waals surface area (Å²) in [6.45, 7) is 2.83. The Kier molecular flexibility index (Phi) is 2.39. The highest BCUT2D eigenvalue weighted by Crippen LogP contribution is 2.31. The molecule has 1 heterocycles. The molecule has 0 spiro atoms. The monoisotopic (exact) mass is 223 g/mol. The van der Waals surface area contributed by atoms with Crippen molar-refractivity contribution in [3.63, 3.8) is 0 Å². The molecular formula is C8H15NO4S. The highest BCUT2D eigenvalue weighted by atomic mass is 32.2. The van der Waals surface area contributed by atoms with Crippen LogP contribution in [-0.2, 0) is 15.4 Å². The highest BCUT2D eigenvalue weighted by Gasteiger charge is 2.46. The fraction of sp³-hybridized carbons (Fsp3) is 0.875. The third-order valence-electron chi connectivity index (χ3n) is 1.91. The van der Waals surface area contributed by atoms with Crippen molar-refractivity contribution in [3.05, 3.63) is 0 Å². The number of hydrogen-bond donors (Lipinski definition) is 1. The maximum atomic E-state index is 11.4. The Morgan fingerprint density at radius 1 is 1.86 bits per heavy atom. The van der Waals surface area contributed by atoms with Crippen LogP contribution < -0.4 is 0 Å². The topological polar surface area (TPSA) is 66.8 Å². The van der Waals surface area contributed by atoms with Crippen LogP contribution in [-0.4, -0.2) is 31.8 Å². The molecule has 1 rings (SSSR count). The maximum Gasteiger partial charge on any atom is 0.421 e. The summed E-state index contributed by atoms with van der Waals surface area (Å²) in [4.78, 5) is 11.0. The molecule has 1 aliphatic heterocycles. The first-order valence-corrected chi connectivity index (χ1v) is 5.29. The Labute approximate surface area is 88.6 Å². The number of nitrogens with zero attached hydrogens (tertiary/aromatic N) is 1. The standard InChI is InChI=1S/C8H15NO4S/c1-6(2)4-8(3)5-13-14(12)9(8)7(10)11/h6H,4-5H2,1-3H3,(H,10,11)/i5D2. The third kappa shape index (κ3) is 2.06. The minimum absolute atomic E-state index is 0.0561. The lowest BCUT2D eigenvalue weighted by Crippen LogP contribution is -2.47. The van der Waals surface area contributed by atoms with E-state index >= 15 is 0 Å². The van der Waals surface area contributed by atoms with Crippen LogP contribution in [0.1, 0.15) is 29.9 Å². The first kappa shape index (κ1) is 8.67. The molecule has 1 fully saturated rings. The first-order chi connectivity index (χ1) is 7.12. The molecular weight excluding hydrogens is 206 g/mol. The normalized spacial score (nSPS) is 38.3. The molecule has 1 aliphatic rings. The Hall–Kier alpha value is -0.620. The molecule has 0 bridgehead atoms. The van der Waals surface area contributed by atoms with Gasteiger partial charge in [-0.25, -0.2) is 9.00 Å². The molecule has 0 aromatic carbocycles. The van der Waals surface area contributed by atoms with Crippen LogP contribution in [0.4, 0.5) is 4.79 Å². The molecule has 0 saturated carbocycles.